The number of fused-ring (bicyclic) bond motifs is 5. The molecule has 5 rings (SSSR count). The first-order valence-corrected chi connectivity index (χ1v) is 10.1. The van der Waals surface area contributed by atoms with Crippen molar-refractivity contribution in [2.24, 2.45) is 0 Å². The standard InChI is InChI=1S/C23H23F3NO3/c1-27(2)18-11-17(12-19(27)21-20(18)30-21)29-22(28)23(26,13-3-7-15(24)8-4-13)14-5-9-16(25)10-6-14/h3-10,17-21H,11-12H2,1-2H3/q+1. The Morgan fingerprint density at radius 2 is 1.37 bits per heavy atom. The highest BCUT2D eigenvalue weighted by Crippen LogP contribution is 2.52. The van der Waals surface area contributed by atoms with Gasteiger partial charge >= 0.3 is 5.97 Å². The van der Waals surface area contributed by atoms with Gasteiger partial charge in [0.25, 0.3) is 5.67 Å². The zero-order valence-electron chi connectivity index (χ0n) is 16.7. The molecule has 0 amide bonds. The summed E-state index contributed by atoms with van der Waals surface area (Å²) in [7, 11) is 4.30. The molecule has 0 radical (unpaired) electrons. The second-order valence-corrected chi connectivity index (χ2v) is 9.00. The molecule has 0 saturated carbocycles. The van der Waals surface area contributed by atoms with Crippen LogP contribution in [0.1, 0.15) is 24.0 Å². The molecule has 4 unspecified atom stereocenters. The predicted molar refractivity (Wildman–Crippen MR) is 102 cm³/mol. The maximum absolute atomic E-state index is 16.4. The molecule has 0 aliphatic carbocycles. The molecular formula is C23H23F3NO3+. The molecule has 3 aliphatic rings. The molecule has 0 N–H and O–H groups in total. The van der Waals surface area contributed by atoms with Gasteiger partial charge in [0, 0.05) is 24.0 Å². The Kier molecular flexibility index (Phi) is 4.28. The third-order valence-corrected chi connectivity index (χ3v) is 7.08. The Hall–Kier alpha value is -2.38. The minimum atomic E-state index is -2.66. The third-order valence-electron chi connectivity index (χ3n) is 7.08. The Balaban J connectivity index is 1.44. The van der Waals surface area contributed by atoms with E-state index >= 15 is 4.39 Å². The average molecular weight is 418 g/mol. The summed E-state index contributed by atoms with van der Waals surface area (Å²) in [6, 6.07) is 9.63. The number of morpholine rings is 1. The van der Waals surface area contributed by atoms with Crippen LogP contribution in [0.25, 0.3) is 0 Å². The van der Waals surface area contributed by atoms with Gasteiger partial charge in [0.15, 0.2) is 0 Å². The van der Waals surface area contributed by atoms with Gasteiger partial charge in [0.2, 0.25) is 0 Å². The first kappa shape index (κ1) is 19.6. The number of ether oxygens (including phenoxy) is 2. The Morgan fingerprint density at radius 1 is 0.933 bits per heavy atom. The SMILES string of the molecule is C[N+]1(C)C2CC(OC(=O)C(F)(c3ccc(F)cc3)c3ccc(F)cc3)CC1C1OC12. The molecule has 3 fully saturated rings. The molecule has 4 nitrogen and oxygen atoms in total. The zero-order valence-corrected chi connectivity index (χ0v) is 16.7. The van der Waals surface area contributed by atoms with Crippen LogP contribution < -0.4 is 0 Å². The molecule has 30 heavy (non-hydrogen) atoms. The largest absolute Gasteiger partial charge is 0.459 e. The van der Waals surface area contributed by atoms with Crippen LogP contribution in [0, 0.1) is 11.6 Å². The predicted octanol–water partition coefficient (Wildman–Crippen LogP) is 3.48. The van der Waals surface area contributed by atoms with Crippen molar-refractivity contribution in [3.63, 3.8) is 0 Å². The van der Waals surface area contributed by atoms with E-state index in [2.05, 4.69) is 14.1 Å². The molecule has 2 aromatic rings. The van der Waals surface area contributed by atoms with Crippen molar-refractivity contribution >= 4 is 5.97 Å². The van der Waals surface area contributed by atoms with Crippen LogP contribution in [-0.4, -0.2) is 54.9 Å². The molecule has 158 valence electrons. The summed E-state index contributed by atoms with van der Waals surface area (Å²) < 4.78 is 55.4. The summed E-state index contributed by atoms with van der Waals surface area (Å²) in [6.45, 7) is 0. The minimum absolute atomic E-state index is 0.0541. The van der Waals surface area contributed by atoms with Crippen molar-refractivity contribution in [3.8, 4) is 0 Å². The number of alkyl halides is 1. The Bertz CT molecular complexity index is 911. The van der Waals surface area contributed by atoms with Gasteiger partial charge < -0.3 is 14.0 Å². The maximum atomic E-state index is 16.4. The summed E-state index contributed by atoms with van der Waals surface area (Å²) >= 11 is 0. The van der Waals surface area contributed by atoms with E-state index in [0.717, 1.165) is 28.7 Å². The van der Waals surface area contributed by atoms with E-state index in [-0.39, 0.29) is 35.4 Å². The summed E-state index contributed by atoms with van der Waals surface area (Å²) in [4.78, 5) is 13.2. The zero-order chi connectivity index (χ0) is 21.3. The van der Waals surface area contributed by atoms with Crippen LogP contribution in [0.4, 0.5) is 13.2 Å². The van der Waals surface area contributed by atoms with Crippen LogP contribution in [0.5, 0.6) is 0 Å². The van der Waals surface area contributed by atoms with Crippen molar-refractivity contribution < 1.29 is 31.9 Å². The van der Waals surface area contributed by atoms with Gasteiger partial charge in [-0.25, -0.2) is 18.0 Å². The number of piperidine rings is 1. The summed E-state index contributed by atoms with van der Waals surface area (Å²) in [5.41, 5.74) is -2.77. The number of carbonyl (C=O) groups excluding carboxylic acids is 1. The van der Waals surface area contributed by atoms with Gasteiger partial charge in [-0.15, -0.1) is 0 Å². The monoisotopic (exact) mass is 418 g/mol. The van der Waals surface area contributed by atoms with Crippen molar-refractivity contribution in [3.05, 3.63) is 71.3 Å². The lowest BCUT2D eigenvalue weighted by molar-refractivity contribution is -0.938. The maximum Gasteiger partial charge on any atom is 0.353 e. The highest BCUT2D eigenvalue weighted by Gasteiger charge is 2.71. The molecule has 0 aromatic heterocycles. The fraction of sp³-hybridized carbons (Fsp3) is 0.435. The number of likely N-dealkylation sites (N-methyl/N-ethyl adjacent to an activating group) is 1. The van der Waals surface area contributed by atoms with E-state index < -0.39 is 29.4 Å². The number of epoxide rings is 1. The molecule has 4 atom stereocenters. The second kappa shape index (κ2) is 6.56. The van der Waals surface area contributed by atoms with Crippen LogP contribution in [-0.2, 0) is 19.9 Å². The lowest BCUT2D eigenvalue weighted by atomic mass is 9.87. The third kappa shape index (κ3) is 2.87. The van der Waals surface area contributed by atoms with Crippen LogP contribution >= 0.6 is 0 Å². The van der Waals surface area contributed by atoms with Gasteiger partial charge in [-0.05, 0) is 24.3 Å². The van der Waals surface area contributed by atoms with Gasteiger partial charge in [0.1, 0.15) is 42.0 Å². The van der Waals surface area contributed by atoms with Crippen molar-refractivity contribution in [1.82, 2.24) is 0 Å². The van der Waals surface area contributed by atoms with E-state index in [0.29, 0.717) is 12.8 Å². The number of nitrogens with zero attached hydrogens (tertiary/aromatic N) is 1. The first-order valence-electron chi connectivity index (χ1n) is 10.1. The molecule has 0 spiro atoms. The topological polar surface area (TPSA) is 38.8 Å². The van der Waals surface area contributed by atoms with Crippen LogP contribution in [0.3, 0.4) is 0 Å². The Morgan fingerprint density at radius 3 is 1.80 bits per heavy atom. The average Bonchev–Trinajstić information content (AvgIpc) is 3.47. The number of rotatable bonds is 4. The summed E-state index contributed by atoms with van der Waals surface area (Å²) in [6.07, 6.45) is 1.13. The molecule has 2 bridgehead atoms. The second-order valence-electron chi connectivity index (χ2n) is 9.00. The fourth-order valence-electron chi connectivity index (χ4n) is 5.30. The molecule has 3 aliphatic heterocycles. The van der Waals surface area contributed by atoms with Gasteiger partial charge in [-0.2, -0.15) is 0 Å². The number of quaternary nitrogens is 1. The van der Waals surface area contributed by atoms with Gasteiger partial charge in [0.05, 0.1) is 14.1 Å². The normalized spacial score (nSPS) is 31.2. The molecule has 7 heteroatoms. The smallest absolute Gasteiger partial charge is 0.353 e. The van der Waals surface area contributed by atoms with Gasteiger partial charge in [-0.1, -0.05) is 24.3 Å². The summed E-state index contributed by atoms with van der Waals surface area (Å²) in [5, 5.41) is 0. The number of hydrogen-bond acceptors (Lipinski definition) is 3. The molecule has 3 saturated heterocycles. The van der Waals surface area contributed by atoms with E-state index in [9.17, 15) is 13.6 Å². The molecular weight excluding hydrogens is 395 g/mol. The quantitative estimate of drug-likeness (QED) is 0.434. The lowest BCUT2D eigenvalue weighted by Crippen LogP contribution is -2.60. The Labute approximate surface area is 172 Å². The summed E-state index contributed by atoms with van der Waals surface area (Å²) in [5.74, 6) is -2.15. The van der Waals surface area contributed by atoms with Crippen LogP contribution in [0.15, 0.2) is 48.5 Å². The highest BCUT2D eigenvalue weighted by atomic mass is 19.1. The number of benzene rings is 2. The van der Waals surface area contributed by atoms with Crippen molar-refractivity contribution in [1.29, 1.82) is 0 Å². The fourth-order valence-corrected chi connectivity index (χ4v) is 5.30. The van der Waals surface area contributed by atoms with Crippen LogP contribution in [0.2, 0.25) is 0 Å². The van der Waals surface area contributed by atoms with Gasteiger partial charge in [-0.3, -0.25) is 0 Å². The first-order chi connectivity index (χ1) is 14.2. The number of halogens is 3. The highest BCUT2D eigenvalue weighted by molar-refractivity contribution is 5.85. The number of carbonyl (C=O) groups is 1. The minimum Gasteiger partial charge on any atom is -0.459 e. The van der Waals surface area contributed by atoms with E-state index in [1.165, 1.54) is 24.3 Å². The van der Waals surface area contributed by atoms with Crippen molar-refractivity contribution in [2.75, 3.05) is 14.1 Å². The van der Waals surface area contributed by atoms with Crippen molar-refractivity contribution in [2.45, 2.75) is 48.9 Å². The van der Waals surface area contributed by atoms with E-state index in [1.54, 1.807) is 0 Å². The lowest BCUT2D eigenvalue weighted by Gasteiger charge is -2.45. The van der Waals surface area contributed by atoms with E-state index in [4.69, 9.17) is 9.47 Å². The number of esters is 1. The molecule has 2 aromatic carbocycles. The number of hydrogen-bond donors (Lipinski definition) is 0. The van der Waals surface area contributed by atoms with E-state index in [1.807, 2.05) is 0 Å². The molecule has 3 heterocycles.